The van der Waals surface area contributed by atoms with E-state index in [0.717, 1.165) is 49.5 Å². The maximum absolute atomic E-state index is 12.6. The summed E-state index contributed by atoms with van der Waals surface area (Å²) in [7, 11) is 0. The Labute approximate surface area is 146 Å². The van der Waals surface area contributed by atoms with Gasteiger partial charge in [-0.3, -0.25) is 9.69 Å². The summed E-state index contributed by atoms with van der Waals surface area (Å²) in [6.07, 6.45) is 5.89. The Kier molecular flexibility index (Phi) is 4.48. The Bertz CT molecular complexity index is 755. The highest BCUT2D eigenvalue weighted by molar-refractivity contribution is 5.92. The van der Waals surface area contributed by atoms with Gasteiger partial charge in [0.25, 0.3) is 0 Å². The average Bonchev–Trinajstić information content (AvgIpc) is 3.37. The number of piperidine rings is 1. The molecular weight excluding hydrogens is 318 g/mol. The highest BCUT2D eigenvalue weighted by Crippen LogP contribution is 2.38. The first-order chi connectivity index (χ1) is 12.2. The van der Waals surface area contributed by atoms with E-state index in [9.17, 15) is 4.79 Å². The molecule has 0 aromatic carbocycles. The Hall–Kier alpha value is -2.28. The van der Waals surface area contributed by atoms with E-state index in [2.05, 4.69) is 25.3 Å². The fourth-order valence-corrected chi connectivity index (χ4v) is 3.28. The molecule has 1 aliphatic heterocycles. The van der Waals surface area contributed by atoms with Gasteiger partial charge >= 0.3 is 0 Å². The number of amides is 1. The van der Waals surface area contributed by atoms with Crippen LogP contribution in [0, 0.1) is 12.8 Å². The van der Waals surface area contributed by atoms with Crippen LogP contribution < -0.4 is 5.32 Å². The second-order valence-electron chi connectivity index (χ2n) is 7.06. The summed E-state index contributed by atoms with van der Waals surface area (Å²) in [4.78, 5) is 23.6. The van der Waals surface area contributed by atoms with Crippen LogP contribution in [0.1, 0.15) is 48.9 Å². The highest BCUT2D eigenvalue weighted by atomic mass is 16.5. The number of pyridine rings is 1. The van der Waals surface area contributed by atoms with Crippen molar-refractivity contribution in [2.24, 2.45) is 5.92 Å². The summed E-state index contributed by atoms with van der Waals surface area (Å²) in [5, 5.41) is 7.05. The summed E-state index contributed by atoms with van der Waals surface area (Å²) in [5.74, 6) is 2.62. The van der Waals surface area contributed by atoms with Crippen LogP contribution in [0.5, 0.6) is 0 Å². The molecule has 2 aliphatic rings. The van der Waals surface area contributed by atoms with Gasteiger partial charge in [-0.05, 0) is 50.8 Å². The molecule has 132 valence electrons. The average molecular weight is 341 g/mol. The van der Waals surface area contributed by atoms with Crippen molar-refractivity contribution >= 4 is 11.7 Å². The summed E-state index contributed by atoms with van der Waals surface area (Å²) in [6.45, 7) is 4.26. The lowest BCUT2D eigenvalue weighted by Gasteiger charge is -2.31. The molecule has 1 N–H and O–H groups in total. The van der Waals surface area contributed by atoms with Crippen LogP contribution in [0.3, 0.4) is 0 Å². The van der Waals surface area contributed by atoms with Gasteiger partial charge < -0.3 is 9.84 Å². The van der Waals surface area contributed by atoms with Gasteiger partial charge in [0, 0.05) is 18.7 Å². The van der Waals surface area contributed by atoms with E-state index >= 15 is 0 Å². The molecule has 1 saturated carbocycles. The van der Waals surface area contributed by atoms with Crippen molar-refractivity contribution in [3.63, 3.8) is 0 Å². The van der Waals surface area contributed by atoms with Gasteiger partial charge in [-0.15, -0.1) is 0 Å². The zero-order chi connectivity index (χ0) is 17.2. The number of hydrogen-bond donors (Lipinski definition) is 1. The van der Waals surface area contributed by atoms with Crippen LogP contribution in [-0.2, 0) is 11.3 Å². The molecule has 1 saturated heterocycles. The minimum absolute atomic E-state index is 0.0371. The number of likely N-dealkylation sites (tertiary alicyclic amines) is 1. The molecule has 2 aromatic rings. The second kappa shape index (κ2) is 6.92. The Balaban J connectivity index is 1.35. The number of nitrogens with one attached hydrogen (secondary N) is 1. The molecule has 2 aromatic heterocycles. The molecule has 1 atom stereocenters. The zero-order valence-electron chi connectivity index (χ0n) is 14.4. The molecule has 1 amide bonds. The quantitative estimate of drug-likeness (QED) is 0.899. The third kappa shape index (κ3) is 3.87. The van der Waals surface area contributed by atoms with E-state index < -0.39 is 0 Å². The minimum atomic E-state index is -0.0371. The fraction of sp³-hybridized carbons (Fsp3) is 0.556. The maximum atomic E-state index is 12.6. The zero-order valence-corrected chi connectivity index (χ0v) is 14.4. The smallest absolute Gasteiger partial charge is 0.229 e. The third-order valence-corrected chi connectivity index (χ3v) is 4.90. The number of carbonyl (C=O) groups excluding carboxylic acids is 1. The number of rotatable bonds is 5. The number of hydrogen-bond acceptors (Lipinski definition) is 6. The van der Waals surface area contributed by atoms with Crippen LogP contribution in [0.15, 0.2) is 22.9 Å². The highest BCUT2D eigenvalue weighted by Gasteiger charge is 2.31. The monoisotopic (exact) mass is 341 g/mol. The van der Waals surface area contributed by atoms with Crippen molar-refractivity contribution in [3.05, 3.63) is 35.6 Å². The Morgan fingerprint density at radius 3 is 3.08 bits per heavy atom. The molecule has 3 heterocycles. The lowest BCUT2D eigenvalue weighted by molar-refractivity contribution is -0.121. The second-order valence-corrected chi connectivity index (χ2v) is 7.06. The van der Waals surface area contributed by atoms with Crippen LogP contribution in [0.4, 0.5) is 5.82 Å². The Morgan fingerprint density at radius 2 is 2.28 bits per heavy atom. The number of aryl methyl sites for hydroxylation is 1. The normalized spacial score (nSPS) is 21.2. The van der Waals surface area contributed by atoms with Crippen molar-refractivity contribution in [1.82, 2.24) is 20.0 Å². The van der Waals surface area contributed by atoms with E-state index in [1.165, 1.54) is 0 Å². The minimum Gasteiger partial charge on any atom is -0.339 e. The van der Waals surface area contributed by atoms with Gasteiger partial charge in [0.1, 0.15) is 5.82 Å². The van der Waals surface area contributed by atoms with Crippen LogP contribution in [0.2, 0.25) is 0 Å². The largest absolute Gasteiger partial charge is 0.339 e. The first-order valence-electron chi connectivity index (χ1n) is 8.96. The molecular formula is C18H23N5O2. The predicted octanol–water partition coefficient (Wildman–Crippen LogP) is 2.50. The van der Waals surface area contributed by atoms with Crippen molar-refractivity contribution in [2.75, 3.05) is 18.4 Å². The number of anilines is 1. The standard InChI is InChI=1S/C18H23N5O2/c1-12-4-2-8-19-16(12)21-17(24)14-5-3-9-23(10-14)11-15-20-18(25-22-15)13-6-7-13/h2,4,8,13-14H,3,5-7,9-11H2,1H3,(H,19,21,24). The van der Waals surface area contributed by atoms with Gasteiger partial charge in [-0.2, -0.15) is 4.98 Å². The number of carbonyl (C=O) groups is 1. The van der Waals surface area contributed by atoms with Crippen LogP contribution >= 0.6 is 0 Å². The van der Waals surface area contributed by atoms with E-state index in [4.69, 9.17) is 4.52 Å². The molecule has 1 aliphatic carbocycles. The predicted molar refractivity (Wildman–Crippen MR) is 91.9 cm³/mol. The molecule has 7 nitrogen and oxygen atoms in total. The lowest BCUT2D eigenvalue weighted by atomic mass is 9.97. The van der Waals surface area contributed by atoms with E-state index in [-0.39, 0.29) is 11.8 Å². The molecule has 2 fully saturated rings. The fourth-order valence-electron chi connectivity index (χ4n) is 3.28. The molecule has 0 bridgehead atoms. The van der Waals surface area contributed by atoms with E-state index in [1.807, 2.05) is 19.1 Å². The van der Waals surface area contributed by atoms with Gasteiger partial charge in [0.05, 0.1) is 12.5 Å². The van der Waals surface area contributed by atoms with Crippen LogP contribution in [0.25, 0.3) is 0 Å². The summed E-state index contributed by atoms with van der Waals surface area (Å²) in [6, 6.07) is 3.82. The molecule has 25 heavy (non-hydrogen) atoms. The molecule has 7 heteroatoms. The van der Waals surface area contributed by atoms with Gasteiger partial charge in [-0.1, -0.05) is 11.2 Å². The van der Waals surface area contributed by atoms with E-state index in [0.29, 0.717) is 24.8 Å². The van der Waals surface area contributed by atoms with Crippen LogP contribution in [-0.4, -0.2) is 39.0 Å². The first-order valence-corrected chi connectivity index (χ1v) is 8.96. The first kappa shape index (κ1) is 16.2. The van der Waals surface area contributed by atoms with Gasteiger partial charge in [-0.25, -0.2) is 4.98 Å². The number of nitrogens with zero attached hydrogens (tertiary/aromatic N) is 4. The van der Waals surface area contributed by atoms with Crippen molar-refractivity contribution in [1.29, 1.82) is 0 Å². The Morgan fingerprint density at radius 1 is 1.40 bits per heavy atom. The molecule has 1 unspecified atom stereocenters. The molecule has 0 radical (unpaired) electrons. The summed E-state index contributed by atoms with van der Waals surface area (Å²) >= 11 is 0. The SMILES string of the molecule is Cc1cccnc1NC(=O)C1CCCN(Cc2noc(C3CC3)n2)C1. The topological polar surface area (TPSA) is 84.2 Å². The summed E-state index contributed by atoms with van der Waals surface area (Å²) < 4.78 is 5.32. The molecule has 0 spiro atoms. The van der Waals surface area contributed by atoms with E-state index in [1.54, 1.807) is 6.20 Å². The van der Waals surface area contributed by atoms with Crippen molar-refractivity contribution in [3.8, 4) is 0 Å². The number of aromatic nitrogens is 3. The van der Waals surface area contributed by atoms with Gasteiger partial charge in [0.2, 0.25) is 11.8 Å². The maximum Gasteiger partial charge on any atom is 0.229 e. The third-order valence-electron chi connectivity index (χ3n) is 4.90. The summed E-state index contributed by atoms with van der Waals surface area (Å²) in [5.41, 5.74) is 0.975. The van der Waals surface area contributed by atoms with Crippen molar-refractivity contribution < 1.29 is 9.32 Å². The molecule has 4 rings (SSSR count). The van der Waals surface area contributed by atoms with Crippen molar-refractivity contribution in [2.45, 2.75) is 45.1 Å². The van der Waals surface area contributed by atoms with Gasteiger partial charge in [0.15, 0.2) is 5.82 Å². The lowest BCUT2D eigenvalue weighted by Crippen LogP contribution is -2.40.